The fraction of sp³-hybridized carbons (Fsp3) is 0.333. The van der Waals surface area contributed by atoms with Gasteiger partial charge >= 0.3 is 0 Å². The van der Waals surface area contributed by atoms with Gasteiger partial charge in [-0.15, -0.1) is 0 Å². The summed E-state index contributed by atoms with van der Waals surface area (Å²) >= 11 is 3.36. The van der Waals surface area contributed by atoms with Gasteiger partial charge in [0.1, 0.15) is 5.75 Å². The van der Waals surface area contributed by atoms with Crippen LogP contribution in [0.5, 0.6) is 5.75 Å². The predicted octanol–water partition coefficient (Wildman–Crippen LogP) is 5.03. The van der Waals surface area contributed by atoms with E-state index in [0.29, 0.717) is 12.0 Å². The first-order valence-electron chi connectivity index (χ1n) is 7.32. The third kappa shape index (κ3) is 4.87. The highest BCUT2D eigenvalue weighted by Crippen LogP contribution is 2.25. The summed E-state index contributed by atoms with van der Waals surface area (Å²) in [6.07, 6.45) is 1.10. The maximum atomic E-state index is 9.55. The molecule has 2 nitrogen and oxygen atoms in total. The minimum absolute atomic E-state index is 0.278. The van der Waals surface area contributed by atoms with Gasteiger partial charge < -0.3 is 10.4 Å². The highest BCUT2D eigenvalue weighted by molar-refractivity contribution is 9.10. The number of rotatable bonds is 6. The summed E-state index contributed by atoms with van der Waals surface area (Å²) in [6, 6.07) is 16.5. The normalized spacial score (nSPS) is 12.6. The minimum atomic E-state index is 0.278. The van der Waals surface area contributed by atoms with Crippen LogP contribution in [0.2, 0.25) is 0 Å². The molecule has 0 heterocycles. The number of phenols is 1. The molecule has 2 aromatic rings. The van der Waals surface area contributed by atoms with Crippen molar-refractivity contribution in [3.8, 4) is 5.75 Å². The number of halogens is 1. The Balaban J connectivity index is 2.07. The van der Waals surface area contributed by atoms with E-state index in [4.69, 9.17) is 0 Å². The van der Waals surface area contributed by atoms with Crippen LogP contribution in [-0.4, -0.2) is 5.11 Å². The van der Waals surface area contributed by atoms with E-state index in [-0.39, 0.29) is 5.75 Å². The molecule has 0 bridgehead atoms. The van der Waals surface area contributed by atoms with Crippen molar-refractivity contribution in [3.63, 3.8) is 0 Å². The summed E-state index contributed by atoms with van der Waals surface area (Å²) in [4.78, 5) is 0. The SMILES string of the molecule is CC(C)CC(NCc1ccc(O)c(Br)c1)c1ccccc1. The molecule has 0 aromatic heterocycles. The average Bonchev–Trinajstić information content (AvgIpc) is 2.47. The molecule has 1 unspecified atom stereocenters. The van der Waals surface area contributed by atoms with E-state index in [1.165, 1.54) is 5.56 Å². The van der Waals surface area contributed by atoms with Crippen molar-refractivity contribution < 1.29 is 5.11 Å². The Morgan fingerprint density at radius 2 is 1.81 bits per heavy atom. The van der Waals surface area contributed by atoms with E-state index in [2.05, 4.69) is 59.4 Å². The second kappa shape index (κ2) is 7.62. The van der Waals surface area contributed by atoms with Crippen LogP contribution in [0.25, 0.3) is 0 Å². The Labute approximate surface area is 135 Å². The van der Waals surface area contributed by atoms with E-state index < -0.39 is 0 Å². The molecule has 0 radical (unpaired) electrons. The molecule has 0 aliphatic rings. The van der Waals surface area contributed by atoms with Crippen LogP contribution < -0.4 is 5.32 Å². The van der Waals surface area contributed by atoms with E-state index in [0.717, 1.165) is 23.0 Å². The largest absolute Gasteiger partial charge is 0.507 e. The van der Waals surface area contributed by atoms with Crippen molar-refractivity contribution in [3.05, 3.63) is 64.1 Å². The van der Waals surface area contributed by atoms with E-state index >= 15 is 0 Å². The number of benzene rings is 2. The Hall–Kier alpha value is -1.32. The van der Waals surface area contributed by atoms with Gasteiger partial charge in [0.15, 0.2) is 0 Å². The van der Waals surface area contributed by atoms with Crippen LogP contribution in [-0.2, 0) is 6.54 Å². The van der Waals surface area contributed by atoms with Crippen molar-refractivity contribution >= 4 is 15.9 Å². The van der Waals surface area contributed by atoms with Crippen LogP contribution in [0.15, 0.2) is 53.0 Å². The fourth-order valence-corrected chi connectivity index (χ4v) is 2.82. The van der Waals surface area contributed by atoms with Crippen molar-refractivity contribution in [2.24, 2.45) is 5.92 Å². The fourth-order valence-electron chi connectivity index (χ4n) is 2.40. The zero-order valence-electron chi connectivity index (χ0n) is 12.5. The zero-order valence-corrected chi connectivity index (χ0v) is 14.1. The summed E-state index contributed by atoms with van der Waals surface area (Å²) in [5.74, 6) is 0.912. The monoisotopic (exact) mass is 347 g/mol. The smallest absolute Gasteiger partial charge is 0.129 e. The first-order valence-corrected chi connectivity index (χ1v) is 8.11. The lowest BCUT2D eigenvalue weighted by Gasteiger charge is -2.21. The van der Waals surface area contributed by atoms with Crippen LogP contribution >= 0.6 is 15.9 Å². The van der Waals surface area contributed by atoms with Crippen molar-refractivity contribution in [1.82, 2.24) is 5.32 Å². The Morgan fingerprint density at radius 1 is 1.10 bits per heavy atom. The van der Waals surface area contributed by atoms with Gasteiger partial charge in [-0.3, -0.25) is 0 Å². The summed E-state index contributed by atoms with van der Waals surface area (Å²) in [5, 5.41) is 13.2. The van der Waals surface area contributed by atoms with Crippen molar-refractivity contribution in [2.75, 3.05) is 0 Å². The van der Waals surface area contributed by atoms with Crippen LogP contribution in [0.4, 0.5) is 0 Å². The second-order valence-electron chi connectivity index (χ2n) is 5.76. The lowest BCUT2D eigenvalue weighted by molar-refractivity contribution is 0.428. The van der Waals surface area contributed by atoms with E-state index in [1.807, 2.05) is 18.2 Å². The number of aromatic hydroxyl groups is 1. The molecule has 0 aliphatic heterocycles. The number of nitrogens with one attached hydrogen (secondary N) is 1. The molecule has 0 spiro atoms. The predicted molar refractivity (Wildman–Crippen MR) is 91.3 cm³/mol. The standard InChI is InChI=1S/C18H22BrNO/c1-13(2)10-17(15-6-4-3-5-7-15)20-12-14-8-9-18(21)16(19)11-14/h3-9,11,13,17,20-21H,10,12H2,1-2H3. The first kappa shape index (κ1) is 16.1. The minimum Gasteiger partial charge on any atom is -0.507 e. The molecular formula is C18H22BrNO. The number of hydrogen-bond donors (Lipinski definition) is 2. The van der Waals surface area contributed by atoms with E-state index in [1.54, 1.807) is 6.07 Å². The molecular weight excluding hydrogens is 326 g/mol. The first-order chi connectivity index (χ1) is 10.1. The molecule has 0 saturated heterocycles. The molecule has 3 heteroatoms. The van der Waals surface area contributed by atoms with Gasteiger partial charge in [-0.05, 0) is 51.5 Å². The highest BCUT2D eigenvalue weighted by Gasteiger charge is 2.12. The van der Waals surface area contributed by atoms with Gasteiger partial charge in [0, 0.05) is 12.6 Å². The van der Waals surface area contributed by atoms with Crippen molar-refractivity contribution in [1.29, 1.82) is 0 Å². The number of hydrogen-bond acceptors (Lipinski definition) is 2. The Morgan fingerprint density at radius 3 is 2.43 bits per heavy atom. The second-order valence-corrected chi connectivity index (χ2v) is 6.61. The lowest BCUT2D eigenvalue weighted by atomic mass is 9.97. The third-order valence-corrected chi connectivity index (χ3v) is 4.11. The molecule has 0 saturated carbocycles. The van der Waals surface area contributed by atoms with Gasteiger partial charge in [-0.25, -0.2) is 0 Å². The summed E-state index contributed by atoms with van der Waals surface area (Å²) in [7, 11) is 0. The van der Waals surface area contributed by atoms with Gasteiger partial charge in [-0.1, -0.05) is 50.2 Å². The Bertz CT molecular complexity index is 569. The van der Waals surface area contributed by atoms with Crippen LogP contribution in [0.1, 0.15) is 37.4 Å². The zero-order chi connectivity index (χ0) is 15.2. The maximum absolute atomic E-state index is 9.55. The number of phenolic OH excluding ortho intramolecular Hbond substituents is 1. The van der Waals surface area contributed by atoms with Gasteiger partial charge in [0.05, 0.1) is 4.47 Å². The summed E-state index contributed by atoms with van der Waals surface area (Å²) in [5.41, 5.74) is 2.48. The maximum Gasteiger partial charge on any atom is 0.129 e. The molecule has 2 N–H and O–H groups in total. The molecule has 0 aliphatic carbocycles. The average molecular weight is 348 g/mol. The molecule has 2 aromatic carbocycles. The van der Waals surface area contributed by atoms with Gasteiger partial charge in [0.2, 0.25) is 0 Å². The van der Waals surface area contributed by atoms with Crippen LogP contribution in [0.3, 0.4) is 0 Å². The van der Waals surface area contributed by atoms with Gasteiger partial charge in [-0.2, -0.15) is 0 Å². The summed E-state index contributed by atoms with van der Waals surface area (Å²) in [6.45, 7) is 5.27. The Kier molecular flexibility index (Phi) is 5.83. The van der Waals surface area contributed by atoms with Crippen molar-refractivity contribution in [2.45, 2.75) is 32.9 Å². The molecule has 0 fully saturated rings. The van der Waals surface area contributed by atoms with E-state index in [9.17, 15) is 5.11 Å². The van der Waals surface area contributed by atoms with Crippen LogP contribution in [0, 0.1) is 5.92 Å². The molecule has 112 valence electrons. The highest BCUT2D eigenvalue weighted by atomic mass is 79.9. The summed E-state index contributed by atoms with van der Waals surface area (Å²) < 4.78 is 0.738. The topological polar surface area (TPSA) is 32.3 Å². The molecule has 21 heavy (non-hydrogen) atoms. The lowest BCUT2D eigenvalue weighted by Crippen LogP contribution is -2.22. The molecule has 2 rings (SSSR count). The molecule has 1 atom stereocenters. The third-order valence-electron chi connectivity index (χ3n) is 3.47. The van der Waals surface area contributed by atoms with Gasteiger partial charge in [0.25, 0.3) is 0 Å². The molecule has 0 amide bonds. The quantitative estimate of drug-likeness (QED) is 0.767.